The lowest BCUT2D eigenvalue weighted by atomic mass is 10.1. The van der Waals surface area contributed by atoms with Gasteiger partial charge in [-0.15, -0.1) is 0 Å². The largest absolute Gasteiger partial charge is 0.464 e. The van der Waals surface area contributed by atoms with Crippen molar-refractivity contribution in [3.05, 3.63) is 24.3 Å². The number of carbonyl (C=O) groups is 1. The van der Waals surface area contributed by atoms with Crippen molar-refractivity contribution in [1.29, 1.82) is 0 Å². The van der Waals surface area contributed by atoms with Crippen LogP contribution in [0.1, 0.15) is 194 Å². The van der Waals surface area contributed by atoms with Gasteiger partial charge < -0.3 is 9.64 Å². The molecule has 1 aliphatic rings. The van der Waals surface area contributed by atoms with Crippen LogP contribution in [0.25, 0.3) is 0 Å². The van der Waals surface area contributed by atoms with E-state index in [-0.39, 0.29) is 5.97 Å². The van der Waals surface area contributed by atoms with Crippen LogP contribution in [-0.4, -0.2) is 42.9 Å². The number of hydrogen-bond donors (Lipinski definition) is 0. The first-order chi connectivity index (χ1) is 21.8. The molecule has 4 nitrogen and oxygen atoms in total. The maximum absolute atomic E-state index is 12.2. The molecule has 4 heteroatoms. The number of nitrogens with zero attached hydrogens (tertiary/aromatic N) is 2. The van der Waals surface area contributed by atoms with Crippen LogP contribution < -0.4 is 0 Å². The van der Waals surface area contributed by atoms with Gasteiger partial charge in [0, 0.05) is 19.4 Å². The van der Waals surface area contributed by atoms with Gasteiger partial charge in [-0.25, -0.2) is 0 Å². The third kappa shape index (κ3) is 26.8. The molecule has 1 heterocycles. The van der Waals surface area contributed by atoms with Gasteiger partial charge in [-0.05, 0) is 64.2 Å². The minimum absolute atomic E-state index is 0.0300. The molecule has 0 spiro atoms. The van der Waals surface area contributed by atoms with Crippen molar-refractivity contribution in [2.75, 3.05) is 26.2 Å². The maximum atomic E-state index is 12.2. The van der Waals surface area contributed by atoms with Crippen molar-refractivity contribution in [3.63, 3.8) is 0 Å². The summed E-state index contributed by atoms with van der Waals surface area (Å²) in [6, 6.07) is 0. The highest BCUT2D eigenvalue weighted by Crippen LogP contribution is 2.14. The molecule has 0 aromatic rings. The number of ether oxygens (including phenoxy) is 1. The second-order valence-corrected chi connectivity index (χ2v) is 13.2. The third-order valence-electron chi connectivity index (χ3n) is 8.96. The molecule has 0 radical (unpaired) electrons. The summed E-state index contributed by atoms with van der Waals surface area (Å²) in [6.07, 6.45) is 45.1. The summed E-state index contributed by atoms with van der Waals surface area (Å²) >= 11 is 0. The van der Waals surface area contributed by atoms with Gasteiger partial charge in [-0.1, -0.05) is 141 Å². The lowest BCUT2D eigenvalue weighted by Crippen LogP contribution is -2.31. The van der Waals surface area contributed by atoms with Gasteiger partial charge in [0.25, 0.3) is 0 Å². The van der Waals surface area contributed by atoms with Crippen molar-refractivity contribution in [1.82, 2.24) is 4.90 Å². The van der Waals surface area contributed by atoms with Gasteiger partial charge in [-0.3, -0.25) is 9.79 Å². The SMILES string of the molecule is CCCCCCCC/C=C\CCCCCCCC(=O)OCCN1CCN=C1CCCCCCC/C=C/CCCCCCCC. The second kappa shape index (κ2) is 32.8. The molecule has 1 rings (SSSR count). The first kappa shape index (κ1) is 40.4. The highest BCUT2D eigenvalue weighted by atomic mass is 16.5. The molecule has 0 aromatic heterocycles. The van der Waals surface area contributed by atoms with Crippen molar-refractivity contribution in [2.45, 2.75) is 194 Å². The lowest BCUT2D eigenvalue weighted by molar-refractivity contribution is -0.143. The topological polar surface area (TPSA) is 41.9 Å². The molecule has 0 aromatic carbocycles. The molecule has 0 aliphatic carbocycles. The molecule has 0 atom stereocenters. The Hall–Kier alpha value is -1.58. The fraction of sp³-hybridized carbons (Fsp3) is 0.850. The van der Waals surface area contributed by atoms with Crippen LogP contribution in [0.4, 0.5) is 0 Å². The van der Waals surface area contributed by atoms with Crippen LogP contribution in [0.15, 0.2) is 29.3 Å². The monoisotopic (exact) mass is 615 g/mol. The van der Waals surface area contributed by atoms with Crippen molar-refractivity contribution in [3.8, 4) is 0 Å². The first-order valence-electron chi connectivity index (χ1n) is 19.5. The van der Waals surface area contributed by atoms with Gasteiger partial charge in [0.05, 0.1) is 18.9 Å². The number of rotatable bonds is 33. The van der Waals surface area contributed by atoms with E-state index in [2.05, 4.69) is 43.1 Å². The number of hydrogen-bond acceptors (Lipinski definition) is 4. The molecule has 0 amide bonds. The van der Waals surface area contributed by atoms with Gasteiger partial charge >= 0.3 is 5.97 Å². The van der Waals surface area contributed by atoms with Crippen LogP contribution in [0.5, 0.6) is 0 Å². The molecule has 0 N–H and O–H groups in total. The van der Waals surface area contributed by atoms with E-state index < -0.39 is 0 Å². The fourth-order valence-corrected chi connectivity index (χ4v) is 6.04. The minimum atomic E-state index is -0.0300. The van der Waals surface area contributed by atoms with Crippen LogP contribution in [-0.2, 0) is 9.53 Å². The maximum Gasteiger partial charge on any atom is 0.305 e. The number of allylic oxidation sites excluding steroid dienone is 4. The number of aliphatic imine (C=N–C) groups is 1. The molecule has 0 unspecified atom stereocenters. The van der Waals surface area contributed by atoms with Crippen LogP contribution in [0.3, 0.4) is 0 Å². The summed E-state index contributed by atoms with van der Waals surface area (Å²) in [5, 5.41) is 0. The van der Waals surface area contributed by atoms with Crippen LogP contribution in [0.2, 0.25) is 0 Å². The van der Waals surface area contributed by atoms with E-state index in [1.54, 1.807) is 0 Å². The van der Waals surface area contributed by atoms with Crippen molar-refractivity contribution >= 4 is 11.8 Å². The Kier molecular flexibility index (Phi) is 30.2. The summed E-state index contributed by atoms with van der Waals surface area (Å²) in [5.41, 5.74) is 0. The Morgan fingerprint density at radius 1 is 0.614 bits per heavy atom. The van der Waals surface area contributed by atoms with E-state index in [1.807, 2.05) is 0 Å². The van der Waals surface area contributed by atoms with E-state index in [0.717, 1.165) is 38.9 Å². The van der Waals surface area contributed by atoms with Crippen LogP contribution in [0, 0.1) is 0 Å². The molecule has 0 bridgehead atoms. The molecule has 0 fully saturated rings. The lowest BCUT2D eigenvalue weighted by Gasteiger charge is -2.20. The van der Waals surface area contributed by atoms with Gasteiger partial charge in [0.15, 0.2) is 0 Å². The zero-order valence-electron chi connectivity index (χ0n) is 29.6. The number of amidine groups is 1. The van der Waals surface area contributed by atoms with Gasteiger partial charge in [-0.2, -0.15) is 0 Å². The fourth-order valence-electron chi connectivity index (χ4n) is 6.04. The molecule has 0 saturated heterocycles. The Morgan fingerprint density at radius 3 is 1.55 bits per heavy atom. The molecule has 1 aliphatic heterocycles. The average molecular weight is 615 g/mol. The number of carbonyl (C=O) groups excluding carboxylic acids is 1. The zero-order valence-corrected chi connectivity index (χ0v) is 29.6. The Labute approximate surface area is 275 Å². The summed E-state index contributed by atoms with van der Waals surface area (Å²) in [7, 11) is 0. The Balaban J connectivity index is 1.88. The molecular formula is C40H74N2O2. The second-order valence-electron chi connectivity index (χ2n) is 13.2. The normalized spacial score (nSPS) is 13.5. The Morgan fingerprint density at radius 2 is 1.05 bits per heavy atom. The van der Waals surface area contributed by atoms with Crippen molar-refractivity contribution in [2.24, 2.45) is 4.99 Å². The minimum Gasteiger partial charge on any atom is -0.464 e. The highest BCUT2D eigenvalue weighted by molar-refractivity contribution is 5.83. The first-order valence-corrected chi connectivity index (χ1v) is 19.5. The average Bonchev–Trinajstić information content (AvgIpc) is 3.48. The van der Waals surface area contributed by atoms with E-state index in [1.165, 1.54) is 160 Å². The predicted molar refractivity (Wildman–Crippen MR) is 194 cm³/mol. The van der Waals surface area contributed by atoms with E-state index in [4.69, 9.17) is 9.73 Å². The predicted octanol–water partition coefficient (Wildman–Crippen LogP) is 12.3. The molecular weight excluding hydrogens is 540 g/mol. The van der Waals surface area contributed by atoms with Crippen LogP contribution >= 0.6 is 0 Å². The summed E-state index contributed by atoms with van der Waals surface area (Å²) in [4.78, 5) is 19.2. The Bertz CT molecular complexity index is 714. The summed E-state index contributed by atoms with van der Waals surface area (Å²) < 4.78 is 5.55. The highest BCUT2D eigenvalue weighted by Gasteiger charge is 2.16. The standard InChI is InChI=1S/C40H74N2O2/c1-3-5-7-9-11-13-15-17-19-21-23-25-27-29-31-33-39-41-35-36-42(39)37-38-44-40(43)34-32-30-28-26-24-22-20-18-16-14-12-10-8-6-4-2/h17-20H,3-16,21-38H2,1-2H3/b19-17+,20-18-. The smallest absolute Gasteiger partial charge is 0.305 e. The quantitative estimate of drug-likeness (QED) is 0.0419. The van der Waals surface area contributed by atoms with E-state index >= 15 is 0 Å². The number of unbranched alkanes of at least 4 members (excludes halogenated alkanes) is 22. The van der Waals surface area contributed by atoms with Crippen molar-refractivity contribution < 1.29 is 9.53 Å². The summed E-state index contributed by atoms with van der Waals surface area (Å²) in [5.74, 6) is 1.20. The number of esters is 1. The molecule has 256 valence electrons. The molecule has 44 heavy (non-hydrogen) atoms. The van der Waals surface area contributed by atoms with E-state index in [9.17, 15) is 4.79 Å². The van der Waals surface area contributed by atoms with Gasteiger partial charge in [0.2, 0.25) is 0 Å². The summed E-state index contributed by atoms with van der Waals surface area (Å²) in [6.45, 7) is 7.72. The zero-order chi connectivity index (χ0) is 31.6. The third-order valence-corrected chi connectivity index (χ3v) is 8.96. The van der Waals surface area contributed by atoms with Gasteiger partial charge in [0.1, 0.15) is 6.61 Å². The van der Waals surface area contributed by atoms with E-state index in [0.29, 0.717) is 13.0 Å². The molecule has 0 saturated carbocycles.